The first-order chi connectivity index (χ1) is 10.2. The van der Waals surface area contributed by atoms with Crippen LogP contribution < -0.4 is 14.8 Å². The number of nitrogens with one attached hydrogen (secondary N) is 1. The third-order valence-corrected chi connectivity index (χ3v) is 4.64. The van der Waals surface area contributed by atoms with Crippen molar-refractivity contribution >= 4 is 23.2 Å². The predicted molar refractivity (Wildman–Crippen MR) is 82.6 cm³/mol. The number of hydrogen-bond acceptors (Lipinski definition) is 3. The van der Waals surface area contributed by atoms with Gasteiger partial charge in [0.25, 0.3) is 0 Å². The number of hydrogen-bond donors (Lipinski definition) is 1. The summed E-state index contributed by atoms with van der Waals surface area (Å²) in [4.78, 5) is 0. The molecular formula is C16H13Cl2NO2. The molecule has 5 heteroatoms. The second-order valence-corrected chi connectivity index (χ2v) is 5.99. The highest BCUT2D eigenvalue weighted by Crippen LogP contribution is 2.42. The fourth-order valence-corrected chi connectivity index (χ4v) is 3.61. The Morgan fingerprint density at radius 3 is 2.52 bits per heavy atom. The Balaban J connectivity index is 1.87. The maximum atomic E-state index is 6.37. The van der Waals surface area contributed by atoms with Gasteiger partial charge < -0.3 is 14.8 Å². The molecule has 0 saturated heterocycles. The van der Waals surface area contributed by atoms with Crippen LogP contribution in [0.5, 0.6) is 11.5 Å². The quantitative estimate of drug-likeness (QED) is 0.862. The van der Waals surface area contributed by atoms with E-state index in [0.717, 1.165) is 35.6 Å². The fourth-order valence-electron chi connectivity index (χ4n) is 2.99. The fraction of sp³-hybridized carbons (Fsp3) is 0.250. The Kier molecular flexibility index (Phi) is 3.21. The van der Waals surface area contributed by atoms with E-state index in [1.165, 1.54) is 5.56 Å². The molecule has 0 aromatic heterocycles. The third kappa shape index (κ3) is 2.16. The lowest BCUT2D eigenvalue weighted by Crippen LogP contribution is -2.31. The standard InChI is InChI=1S/C16H13Cl2NO2/c17-11-2-1-3-12(18)15(11)16-10-7-14-13(20-8-21-14)6-9(10)4-5-19-16/h1-3,6-7,16,19H,4-5,8H2. The maximum Gasteiger partial charge on any atom is 0.231 e. The highest BCUT2D eigenvalue weighted by Gasteiger charge is 2.28. The van der Waals surface area contributed by atoms with Crippen LogP contribution in [-0.4, -0.2) is 13.3 Å². The zero-order chi connectivity index (χ0) is 14.4. The molecule has 2 aliphatic rings. The second-order valence-electron chi connectivity index (χ2n) is 5.18. The minimum absolute atomic E-state index is 0.0237. The summed E-state index contributed by atoms with van der Waals surface area (Å²) >= 11 is 12.7. The minimum atomic E-state index is -0.0237. The molecule has 0 amide bonds. The number of ether oxygens (including phenoxy) is 2. The number of benzene rings is 2. The van der Waals surface area contributed by atoms with Gasteiger partial charge in [-0.2, -0.15) is 0 Å². The molecule has 4 rings (SSSR count). The normalized spacial score (nSPS) is 19.4. The van der Waals surface area contributed by atoms with Crippen molar-refractivity contribution in [3.63, 3.8) is 0 Å². The van der Waals surface area contributed by atoms with E-state index in [2.05, 4.69) is 11.4 Å². The lowest BCUT2D eigenvalue weighted by atomic mass is 9.89. The van der Waals surface area contributed by atoms with Crippen molar-refractivity contribution in [1.29, 1.82) is 0 Å². The van der Waals surface area contributed by atoms with Crippen molar-refractivity contribution in [2.24, 2.45) is 0 Å². The van der Waals surface area contributed by atoms with Crippen molar-refractivity contribution in [3.05, 3.63) is 57.1 Å². The average molecular weight is 322 g/mol. The smallest absolute Gasteiger partial charge is 0.231 e. The van der Waals surface area contributed by atoms with E-state index in [9.17, 15) is 0 Å². The largest absolute Gasteiger partial charge is 0.454 e. The number of fused-ring (bicyclic) bond motifs is 2. The Hall–Kier alpha value is -1.42. The van der Waals surface area contributed by atoms with Gasteiger partial charge in [-0.05, 0) is 41.8 Å². The van der Waals surface area contributed by atoms with Gasteiger partial charge in [-0.15, -0.1) is 0 Å². The lowest BCUT2D eigenvalue weighted by molar-refractivity contribution is 0.174. The van der Waals surface area contributed by atoms with Crippen molar-refractivity contribution in [2.45, 2.75) is 12.5 Å². The van der Waals surface area contributed by atoms with Crippen molar-refractivity contribution in [3.8, 4) is 11.5 Å². The molecule has 2 aromatic rings. The summed E-state index contributed by atoms with van der Waals surface area (Å²) < 4.78 is 11.0. The molecule has 1 N–H and O–H groups in total. The first-order valence-corrected chi connectivity index (χ1v) is 7.59. The van der Waals surface area contributed by atoms with Crippen LogP contribution >= 0.6 is 23.2 Å². The molecular weight excluding hydrogens is 309 g/mol. The summed E-state index contributed by atoms with van der Waals surface area (Å²) in [6.45, 7) is 1.15. The second kappa shape index (κ2) is 5.09. The van der Waals surface area contributed by atoms with Crippen LogP contribution in [-0.2, 0) is 6.42 Å². The van der Waals surface area contributed by atoms with Gasteiger partial charge in [0.2, 0.25) is 6.79 Å². The van der Waals surface area contributed by atoms with Gasteiger partial charge in [0, 0.05) is 22.2 Å². The van der Waals surface area contributed by atoms with E-state index in [0.29, 0.717) is 10.0 Å². The van der Waals surface area contributed by atoms with Gasteiger partial charge in [-0.3, -0.25) is 0 Å². The van der Waals surface area contributed by atoms with E-state index in [1.807, 2.05) is 24.3 Å². The van der Waals surface area contributed by atoms with Gasteiger partial charge in [-0.1, -0.05) is 29.3 Å². The van der Waals surface area contributed by atoms with E-state index < -0.39 is 0 Å². The van der Waals surface area contributed by atoms with Gasteiger partial charge in [0.15, 0.2) is 11.5 Å². The summed E-state index contributed by atoms with van der Waals surface area (Å²) in [6, 6.07) is 9.67. The van der Waals surface area contributed by atoms with Gasteiger partial charge in [0.1, 0.15) is 0 Å². The molecule has 0 bridgehead atoms. The lowest BCUT2D eigenvalue weighted by Gasteiger charge is -2.29. The summed E-state index contributed by atoms with van der Waals surface area (Å²) in [6.07, 6.45) is 0.949. The van der Waals surface area contributed by atoms with Crippen LogP contribution in [0.25, 0.3) is 0 Å². The minimum Gasteiger partial charge on any atom is -0.454 e. The predicted octanol–water partition coefficient (Wildman–Crippen LogP) is 3.96. The summed E-state index contributed by atoms with van der Waals surface area (Å²) in [5.74, 6) is 1.60. The molecule has 2 heterocycles. The number of halogens is 2. The molecule has 0 fully saturated rings. The van der Waals surface area contributed by atoms with E-state index in [-0.39, 0.29) is 12.8 Å². The average Bonchev–Trinajstić information content (AvgIpc) is 2.92. The van der Waals surface area contributed by atoms with Crippen LogP contribution in [0.4, 0.5) is 0 Å². The topological polar surface area (TPSA) is 30.5 Å². The zero-order valence-corrected chi connectivity index (χ0v) is 12.7. The van der Waals surface area contributed by atoms with Crippen LogP contribution in [0, 0.1) is 0 Å². The third-order valence-electron chi connectivity index (χ3n) is 3.98. The molecule has 21 heavy (non-hydrogen) atoms. The Morgan fingerprint density at radius 2 is 1.76 bits per heavy atom. The highest BCUT2D eigenvalue weighted by atomic mass is 35.5. The van der Waals surface area contributed by atoms with Crippen LogP contribution in [0.1, 0.15) is 22.7 Å². The zero-order valence-electron chi connectivity index (χ0n) is 11.2. The molecule has 1 atom stereocenters. The van der Waals surface area contributed by atoms with Crippen molar-refractivity contribution < 1.29 is 9.47 Å². The molecule has 2 aromatic carbocycles. The SMILES string of the molecule is Clc1cccc(Cl)c1C1NCCc2cc3c(cc21)OCO3. The van der Waals surface area contributed by atoms with Gasteiger partial charge >= 0.3 is 0 Å². The molecule has 0 radical (unpaired) electrons. The molecule has 0 saturated carbocycles. The molecule has 108 valence electrons. The molecule has 0 spiro atoms. The van der Waals surface area contributed by atoms with Gasteiger partial charge in [0.05, 0.1) is 6.04 Å². The van der Waals surface area contributed by atoms with E-state index in [1.54, 1.807) is 0 Å². The van der Waals surface area contributed by atoms with Crippen LogP contribution in [0.15, 0.2) is 30.3 Å². The molecule has 0 aliphatic carbocycles. The highest BCUT2D eigenvalue weighted by molar-refractivity contribution is 6.36. The summed E-state index contributed by atoms with van der Waals surface area (Å²) in [7, 11) is 0. The van der Waals surface area contributed by atoms with Crippen molar-refractivity contribution in [1.82, 2.24) is 5.32 Å². The Bertz CT molecular complexity index is 697. The molecule has 2 aliphatic heterocycles. The van der Waals surface area contributed by atoms with Crippen molar-refractivity contribution in [2.75, 3.05) is 13.3 Å². The molecule has 1 unspecified atom stereocenters. The summed E-state index contributed by atoms with van der Waals surface area (Å²) in [5, 5.41) is 4.84. The first kappa shape index (κ1) is 13.3. The van der Waals surface area contributed by atoms with Crippen LogP contribution in [0.3, 0.4) is 0 Å². The first-order valence-electron chi connectivity index (χ1n) is 6.84. The van der Waals surface area contributed by atoms with Crippen LogP contribution in [0.2, 0.25) is 10.0 Å². The number of rotatable bonds is 1. The Morgan fingerprint density at radius 1 is 1.05 bits per heavy atom. The van der Waals surface area contributed by atoms with E-state index >= 15 is 0 Å². The van der Waals surface area contributed by atoms with E-state index in [4.69, 9.17) is 32.7 Å². The monoisotopic (exact) mass is 321 g/mol. The van der Waals surface area contributed by atoms with Gasteiger partial charge in [-0.25, -0.2) is 0 Å². The Labute approximate surface area is 132 Å². The molecule has 3 nitrogen and oxygen atoms in total. The summed E-state index contributed by atoms with van der Waals surface area (Å²) in [5.41, 5.74) is 3.32. The maximum absolute atomic E-state index is 6.37.